The number of ether oxygens (including phenoxy) is 1. The van der Waals surface area contributed by atoms with E-state index in [9.17, 15) is 0 Å². The lowest BCUT2D eigenvalue weighted by atomic mass is 10.0. The number of H-pyrrole nitrogens is 1. The molecular formula is C9H15N3OS. The molecular weight excluding hydrogens is 198 g/mol. The van der Waals surface area contributed by atoms with Gasteiger partial charge in [-0.3, -0.25) is 5.10 Å². The van der Waals surface area contributed by atoms with Crippen molar-refractivity contribution in [3.8, 4) is 0 Å². The van der Waals surface area contributed by atoms with Crippen LogP contribution in [-0.4, -0.2) is 28.0 Å². The molecule has 0 radical (unpaired) electrons. The van der Waals surface area contributed by atoms with Crippen molar-refractivity contribution in [2.75, 3.05) is 13.2 Å². The van der Waals surface area contributed by atoms with Crippen molar-refractivity contribution in [3.05, 3.63) is 10.6 Å². The van der Waals surface area contributed by atoms with Crippen molar-refractivity contribution in [3.63, 3.8) is 0 Å². The van der Waals surface area contributed by atoms with Crippen LogP contribution < -0.4 is 0 Å². The summed E-state index contributed by atoms with van der Waals surface area (Å²) in [6.45, 7) is 1.83. The van der Waals surface area contributed by atoms with Crippen molar-refractivity contribution in [1.82, 2.24) is 14.8 Å². The van der Waals surface area contributed by atoms with E-state index in [1.165, 1.54) is 6.42 Å². The van der Waals surface area contributed by atoms with Gasteiger partial charge in [-0.1, -0.05) is 0 Å². The van der Waals surface area contributed by atoms with E-state index in [0.717, 1.165) is 31.9 Å². The molecule has 0 amide bonds. The third-order valence-electron chi connectivity index (χ3n) is 2.77. The fourth-order valence-corrected chi connectivity index (χ4v) is 1.90. The molecule has 1 unspecified atom stereocenters. The second kappa shape index (κ2) is 4.23. The first-order valence-corrected chi connectivity index (χ1v) is 5.36. The molecule has 1 fully saturated rings. The van der Waals surface area contributed by atoms with Crippen LogP contribution in [0.1, 0.15) is 18.7 Å². The number of aromatic amines is 1. The molecule has 1 atom stereocenters. The summed E-state index contributed by atoms with van der Waals surface area (Å²) < 4.78 is 7.96. The molecule has 14 heavy (non-hydrogen) atoms. The first-order chi connectivity index (χ1) is 6.77. The quantitative estimate of drug-likeness (QED) is 0.773. The Morgan fingerprint density at radius 2 is 2.57 bits per heavy atom. The van der Waals surface area contributed by atoms with E-state index in [4.69, 9.17) is 17.0 Å². The molecule has 2 heterocycles. The van der Waals surface area contributed by atoms with Gasteiger partial charge in [0.15, 0.2) is 4.77 Å². The van der Waals surface area contributed by atoms with E-state index in [0.29, 0.717) is 10.7 Å². The number of nitrogens with one attached hydrogen (secondary N) is 1. The van der Waals surface area contributed by atoms with E-state index in [1.54, 1.807) is 0 Å². The zero-order chi connectivity index (χ0) is 9.97. The molecule has 4 nitrogen and oxygen atoms in total. The highest BCUT2D eigenvalue weighted by molar-refractivity contribution is 7.71. The van der Waals surface area contributed by atoms with E-state index in [1.807, 2.05) is 11.6 Å². The monoisotopic (exact) mass is 213 g/mol. The lowest BCUT2D eigenvalue weighted by molar-refractivity contribution is 0.184. The Hall–Kier alpha value is -0.680. The van der Waals surface area contributed by atoms with Crippen LogP contribution in [0.3, 0.4) is 0 Å². The van der Waals surface area contributed by atoms with Crippen molar-refractivity contribution >= 4 is 12.2 Å². The van der Waals surface area contributed by atoms with Crippen LogP contribution in [0.4, 0.5) is 0 Å². The number of aryl methyl sites for hydroxylation is 1. The predicted octanol–water partition coefficient (Wildman–Crippen LogP) is 1.45. The summed E-state index contributed by atoms with van der Waals surface area (Å²) in [4.78, 5) is 0. The average Bonchev–Trinajstić information content (AvgIpc) is 2.77. The molecule has 0 bridgehead atoms. The minimum absolute atomic E-state index is 0.697. The normalized spacial score (nSPS) is 21.6. The van der Waals surface area contributed by atoms with Crippen LogP contribution in [0, 0.1) is 10.7 Å². The van der Waals surface area contributed by atoms with Gasteiger partial charge in [-0.15, -0.1) is 0 Å². The molecule has 78 valence electrons. The van der Waals surface area contributed by atoms with Gasteiger partial charge in [0, 0.05) is 26.7 Å². The molecule has 1 aliphatic heterocycles. The molecule has 1 aliphatic rings. The zero-order valence-electron chi connectivity index (χ0n) is 8.32. The Morgan fingerprint density at radius 3 is 3.14 bits per heavy atom. The molecule has 0 saturated carbocycles. The maximum Gasteiger partial charge on any atom is 0.194 e. The van der Waals surface area contributed by atoms with Crippen LogP contribution in [0.5, 0.6) is 0 Å². The first kappa shape index (κ1) is 9.86. The Balaban J connectivity index is 1.91. The molecule has 1 N–H and O–H groups in total. The van der Waals surface area contributed by atoms with Crippen molar-refractivity contribution in [2.45, 2.75) is 19.3 Å². The fourth-order valence-electron chi connectivity index (χ4n) is 1.75. The third-order valence-corrected chi connectivity index (χ3v) is 3.14. The van der Waals surface area contributed by atoms with Gasteiger partial charge in [-0.05, 0) is 31.0 Å². The third kappa shape index (κ3) is 2.04. The number of aromatic nitrogens is 3. The summed E-state index contributed by atoms with van der Waals surface area (Å²) in [6.07, 6.45) is 3.32. The molecule has 1 aromatic heterocycles. The van der Waals surface area contributed by atoms with Gasteiger partial charge < -0.3 is 9.30 Å². The molecule has 1 saturated heterocycles. The van der Waals surface area contributed by atoms with Crippen LogP contribution >= 0.6 is 12.2 Å². The topological polar surface area (TPSA) is 42.8 Å². The summed E-state index contributed by atoms with van der Waals surface area (Å²) in [5.74, 6) is 1.75. The Morgan fingerprint density at radius 1 is 1.71 bits per heavy atom. The van der Waals surface area contributed by atoms with Crippen LogP contribution in [0.25, 0.3) is 0 Å². The second-order valence-electron chi connectivity index (χ2n) is 3.77. The van der Waals surface area contributed by atoms with Crippen molar-refractivity contribution in [2.24, 2.45) is 13.0 Å². The van der Waals surface area contributed by atoms with E-state index in [2.05, 4.69) is 10.2 Å². The van der Waals surface area contributed by atoms with Gasteiger partial charge in [0.05, 0.1) is 0 Å². The van der Waals surface area contributed by atoms with Gasteiger partial charge in [0.25, 0.3) is 0 Å². The number of hydrogen-bond donors (Lipinski definition) is 1. The van der Waals surface area contributed by atoms with Crippen LogP contribution in [0.15, 0.2) is 0 Å². The predicted molar refractivity (Wildman–Crippen MR) is 55.6 cm³/mol. The highest BCUT2D eigenvalue weighted by Gasteiger charge is 2.16. The highest BCUT2D eigenvalue weighted by atomic mass is 32.1. The Bertz CT molecular complexity index is 351. The fraction of sp³-hybridized carbons (Fsp3) is 0.778. The maximum atomic E-state index is 5.33. The van der Waals surface area contributed by atoms with E-state index < -0.39 is 0 Å². The highest BCUT2D eigenvalue weighted by Crippen LogP contribution is 2.17. The standard InChI is InChI=1S/C9H15N3OS/c1-12-8(10-11-9(12)14)3-2-7-4-5-13-6-7/h7H,2-6H2,1H3,(H,11,14). The van der Waals surface area contributed by atoms with Crippen molar-refractivity contribution in [1.29, 1.82) is 0 Å². The van der Waals surface area contributed by atoms with Gasteiger partial charge in [-0.2, -0.15) is 5.10 Å². The van der Waals surface area contributed by atoms with Gasteiger partial charge in [0.1, 0.15) is 5.82 Å². The molecule has 2 rings (SSSR count). The zero-order valence-corrected chi connectivity index (χ0v) is 9.14. The maximum absolute atomic E-state index is 5.33. The smallest absolute Gasteiger partial charge is 0.194 e. The van der Waals surface area contributed by atoms with Gasteiger partial charge in [-0.25, -0.2) is 0 Å². The van der Waals surface area contributed by atoms with Gasteiger partial charge >= 0.3 is 0 Å². The van der Waals surface area contributed by atoms with Gasteiger partial charge in [0.2, 0.25) is 0 Å². The van der Waals surface area contributed by atoms with E-state index in [-0.39, 0.29) is 0 Å². The molecule has 0 aromatic carbocycles. The Labute approximate surface area is 88.3 Å². The summed E-state index contributed by atoms with van der Waals surface area (Å²) in [6, 6.07) is 0. The minimum Gasteiger partial charge on any atom is -0.381 e. The number of nitrogens with zero attached hydrogens (tertiary/aromatic N) is 2. The summed E-state index contributed by atoms with van der Waals surface area (Å²) in [7, 11) is 1.95. The van der Waals surface area contributed by atoms with Crippen LogP contribution in [0.2, 0.25) is 0 Å². The summed E-state index contributed by atoms with van der Waals surface area (Å²) in [5.41, 5.74) is 0. The van der Waals surface area contributed by atoms with Crippen LogP contribution in [-0.2, 0) is 18.2 Å². The number of rotatable bonds is 3. The summed E-state index contributed by atoms with van der Waals surface area (Å²) in [5, 5.41) is 6.98. The lowest BCUT2D eigenvalue weighted by Gasteiger charge is -2.05. The van der Waals surface area contributed by atoms with E-state index >= 15 is 0 Å². The molecule has 0 aliphatic carbocycles. The minimum atomic E-state index is 0.697. The number of hydrogen-bond acceptors (Lipinski definition) is 3. The second-order valence-corrected chi connectivity index (χ2v) is 4.16. The first-order valence-electron chi connectivity index (χ1n) is 4.95. The molecule has 0 spiro atoms. The van der Waals surface area contributed by atoms with Crippen molar-refractivity contribution < 1.29 is 4.74 Å². The summed E-state index contributed by atoms with van der Waals surface area (Å²) >= 11 is 5.04. The largest absolute Gasteiger partial charge is 0.381 e. The molecule has 1 aromatic rings. The lowest BCUT2D eigenvalue weighted by Crippen LogP contribution is -2.05. The molecule has 5 heteroatoms. The SMILES string of the molecule is Cn1c(CCC2CCOC2)n[nH]c1=S. The average molecular weight is 213 g/mol. The Kier molecular flexibility index (Phi) is 2.98.